The molecular formula is C11H19NO3. The van der Waals surface area contributed by atoms with Crippen molar-refractivity contribution in [1.82, 2.24) is 5.32 Å². The van der Waals surface area contributed by atoms with Crippen LogP contribution in [0.4, 0.5) is 4.79 Å². The summed E-state index contributed by atoms with van der Waals surface area (Å²) in [5.74, 6) is 0.784. The Bertz CT molecular complexity index is 246. The molecule has 86 valence electrons. The first-order chi connectivity index (χ1) is 7.04. The fourth-order valence-corrected chi connectivity index (χ4v) is 1.61. The van der Waals surface area contributed by atoms with E-state index in [0.717, 1.165) is 12.8 Å². The zero-order valence-electron chi connectivity index (χ0n) is 9.58. The number of amides is 1. The fraction of sp³-hybridized carbons (Fsp3) is 0.818. The predicted octanol–water partition coefficient (Wildman–Crippen LogP) is 1.74. The molecule has 0 bridgehead atoms. The Morgan fingerprint density at radius 3 is 2.40 bits per heavy atom. The van der Waals surface area contributed by atoms with Crippen LogP contribution in [0.3, 0.4) is 0 Å². The van der Waals surface area contributed by atoms with Crippen molar-refractivity contribution in [3.63, 3.8) is 0 Å². The molecule has 0 aromatic rings. The maximum atomic E-state index is 11.8. The minimum Gasteiger partial charge on any atom is -0.453 e. The molecule has 0 unspecified atom stereocenters. The molecule has 4 nitrogen and oxygen atoms in total. The number of nitrogens with one attached hydrogen (secondary N) is 1. The van der Waals surface area contributed by atoms with Gasteiger partial charge in [0.25, 0.3) is 0 Å². The van der Waals surface area contributed by atoms with E-state index in [9.17, 15) is 9.59 Å². The van der Waals surface area contributed by atoms with Crippen LogP contribution in [-0.2, 0) is 9.53 Å². The highest BCUT2D eigenvalue weighted by atomic mass is 16.5. The Hall–Kier alpha value is -1.06. The van der Waals surface area contributed by atoms with Crippen LogP contribution in [0.25, 0.3) is 0 Å². The third-order valence-electron chi connectivity index (χ3n) is 2.51. The van der Waals surface area contributed by atoms with E-state index in [0.29, 0.717) is 18.3 Å². The van der Waals surface area contributed by atoms with Gasteiger partial charge in [0, 0.05) is 6.42 Å². The molecule has 1 aliphatic carbocycles. The lowest BCUT2D eigenvalue weighted by atomic mass is 9.99. The first-order valence-electron chi connectivity index (χ1n) is 5.41. The van der Waals surface area contributed by atoms with Crippen LogP contribution in [-0.4, -0.2) is 25.0 Å². The van der Waals surface area contributed by atoms with Crippen LogP contribution in [0.5, 0.6) is 0 Å². The van der Waals surface area contributed by atoms with Crippen LogP contribution in [0.1, 0.15) is 33.1 Å². The summed E-state index contributed by atoms with van der Waals surface area (Å²) < 4.78 is 4.51. The molecule has 1 fully saturated rings. The van der Waals surface area contributed by atoms with Crippen molar-refractivity contribution >= 4 is 11.9 Å². The molecule has 1 saturated carbocycles. The molecule has 0 saturated heterocycles. The molecule has 0 radical (unpaired) electrons. The Labute approximate surface area is 90.4 Å². The quantitative estimate of drug-likeness (QED) is 0.756. The molecule has 4 heteroatoms. The molecular weight excluding hydrogens is 194 g/mol. The van der Waals surface area contributed by atoms with Gasteiger partial charge in [0.1, 0.15) is 0 Å². The van der Waals surface area contributed by atoms with Gasteiger partial charge in [-0.15, -0.1) is 0 Å². The highest BCUT2D eigenvalue weighted by Gasteiger charge is 2.37. The standard InChI is InChI=1S/C11H19NO3/c1-7(2)6-9(13)10(8-4-5-8)12-11(14)15-3/h7-8,10H,4-6H2,1-3H3,(H,12,14)/t10-/m0/s1. The van der Waals surface area contributed by atoms with Crippen LogP contribution in [0.15, 0.2) is 0 Å². The first-order valence-corrected chi connectivity index (χ1v) is 5.41. The minimum absolute atomic E-state index is 0.123. The summed E-state index contributed by atoms with van der Waals surface area (Å²) in [5.41, 5.74) is 0. The number of hydrogen-bond donors (Lipinski definition) is 1. The largest absolute Gasteiger partial charge is 0.453 e. The normalized spacial score (nSPS) is 17.3. The second-order valence-electron chi connectivity index (χ2n) is 4.52. The molecule has 0 aromatic heterocycles. The lowest BCUT2D eigenvalue weighted by Gasteiger charge is -2.17. The van der Waals surface area contributed by atoms with Crippen molar-refractivity contribution in [3.8, 4) is 0 Å². The lowest BCUT2D eigenvalue weighted by Crippen LogP contribution is -2.42. The van der Waals surface area contributed by atoms with Crippen molar-refractivity contribution < 1.29 is 14.3 Å². The third kappa shape index (κ3) is 3.90. The zero-order chi connectivity index (χ0) is 11.4. The smallest absolute Gasteiger partial charge is 0.407 e. The number of hydrogen-bond acceptors (Lipinski definition) is 3. The molecule has 15 heavy (non-hydrogen) atoms. The number of carbonyl (C=O) groups is 2. The van der Waals surface area contributed by atoms with Crippen LogP contribution < -0.4 is 5.32 Å². The SMILES string of the molecule is COC(=O)N[C@H](C(=O)CC(C)C)C1CC1. The van der Waals surface area contributed by atoms with E-state index >= 15 is 0 Å². The molecule has 1 N–H and O–H groups in total. The Morgan fingerprint density at radius 1 is 1.40 bits per heavy atom. The summed E-state index contributed by atoms with van der Waals surface area (Å²) in [6.45, 7) is 4.00. The van der Waals surface area contributed by atoms with E-state index in [4.69, 9.17) is 0 Å². The third-order valence-corrected chi connectivity index (χ3v) is 2.51. The summed E-state index contributed by atoms with van der Waals surface area (Å²) in [5, 5.41) is 2.62. The molecule has 1 aliphatic rings. The minimum atomic E-state index is -0.510. The number of alkyl carbamates (subject to hydrolysis) is 1. The zero-order valence-corrected chi connectivity index (χ0v) is 9.58. The van der Waals surface area contributed by atoms with Crippen LogP contribution in [0.2, 0.25) is 0 Å². The van der Waals surface area contributed by atoms with E-state index in [1.54, 1.807) is 0 Å². The van der Waals surface area contributed by atoms with Gasteiger partial charge < -0.3 is 10.1 Å². The molecule has 0 aliphatic heterocycles. The average Bonchev–Trinajstić information content (AvgIpc) is 2.95. The summed E-state index contributed by atoms with van der Waals surface area (Å²) >= 11 is 0. The topological polar surface area (TPSA) is 55.4 Å². The van der Waals surface area contributed by atoms with Crippen molar-refractivity contribution in [2.75, 3.05) is 7.11 Å². The fourth-order valence-electron chi connectivity index (χ4n) is 1.61. The van der Waals surface area contributed by atoms with Crippen LogP contribution >= 0.6 is 0 Å². The highest BCUT2D eigenvalue weighted by Crippen LogP contribution is 2.33. The maximum absolute atomic E-state index is 11.8. The van der Waals surface area contributed by atoms with E-state index in [1.807, 2.05) is 13.8 Å². The summed E-state index contributed by atoms with van der Waals surface area (Å²) in [4.78, 5) is 22.9. The van der Waals surface area contributed by atoms with E-state index < -0.39 is 6.09 Å². The Morgan fingerprint density at radius 2 is 2.00 bits per heavy atom. The summed E-state index contributed by atoms with van der Waals surface area (Å²) in [6, 6.07) is -0.333. The lowest BCUT2D eigenvalue weighted by molar-refractivity contribution is -0.122. The highest BCUT2D eigenvalue weighted by molar-refractivity contribution is 5.88. The van der Waals surface area contributed by atoms with Gasteiger partial charge in [-0.05, 0) is 24.7 Å². The van der Waals surface area contributed by atoms with Gasteiger partial charge in [-0.3, -0.25) is 4.79 Å². The molecule has 0 aromatic carbocycles. The number of ether oxygens (including phenoxy) is 1. The van der Waals surface area contributed by atoms with E-state index in [2.05, 4.69) is 10.1 Å². The Kier molecular flexibility index (Phi) is 4.12. The van der Waals surface area contributed by atoms with Gasteiger partial charge in [0.2, 0.25) is 0 Å². The van der Waals surface area contributed by atoms with Crippen molar-refractivity contribution in [2.24, 2.45) is 11.8 Å². The molecule has 1 atom stereocenters. The van der Waals surface area contributed by atoms with Crippen molar-refractivity contribution in [3.05, 3.63) is 0 Å². The van der Waals surface area contributed by atoms with Gasteiger partial charge in [-0.25, -0.2) is 4.79 Å². The van der Waals surface area contributed by atoms with Gasteiger partial charge >= 0.3 is 6.09 Å². The number of rotatable bonds is 5. The van der Waals surface area contributed by atoms with E-state index in [-0.39, 0.29) is 11.8 Å². The summed E-state index contributed by atoms with van der Waals surface area (Å²) in [7, 11) is 1.31. The molecule has 1 rings (SSSR count). The monoisotopic (exact) mass is 213 g/mol. The number of methoxy groups -OCH3 is 1. The summed E-state index contributed by atoms with van der Waals surface area (Å²) in [6.07, 6.45) is 2.06. The predicted molar refractivity (Wildman–Crippen MR) is 56.5 cm³/mol. The Balaban J connectivity index is 2.49. The molecule has 1 amide bonds. The number of carbonyl (C=O) groups excluding carboxylic acids is 2. The van der Waals surface area contributed by atoms with Crippen molar-refractivity contribution in [1.29, 1.82) is 0 Å². The molecule has 0 spiro atoms. The van der Waals surface area contributed by atoms with Gasteiger partial charge in [-0.1, -0.05) is 13.8 Å². The maximum Gasteiger partial charge on any atom is 0.407 e. The van der Waals surface area contributed by atoms with Gasteiger partial charge in [0.05, 0.1) is 13.2 Å². The second-order valence-corrected chi connectivity index (χ2v) is 4.52. The average molecular weight is 213 g/mol. The number of ketones is 1. The van der Waals surface area contributed by atoms with Gasteiger partial charge in [-0.2, -0.15) is 0 Å². The van der Waals surface area contributed by atoms with E-state index in [1.165, 1.54) is 7.11 Å². The molecule has 0 heterocycles. The first kappa shape index (κ1) is 12.0. The van der Waals surface area contributed by atoms with Crippen LogP contribution in [0, 0.1) is 11.8 Å². The van der Waals surface area contributed by atoms with Crippen molar-refractivity contribution in [2.45, 2.75) is 39.2 Å². The van der Waals surface area contributed by atoms with Gasteiger partial charge in [0.15, 0.2) is 5.78 Å². The number of Topliss-reactive ketones (excluding diaryl/α,β-unsaturated/α-hetero) is 1. The second kappa shape index (κ2) is 5.14.